The molecule has 0 N–H and O–H groups in total. The van der Waals surface area contributed by atoms with Gasteiger partial charge in [-0.25, -0.2) is 0 Å². The molecule has 0 aromatic heterocycles. The summed E-state index contributed by atoms with van der Waals surface area (Å²) in [6.45, 7) is 9.29. The molecule has 0 fully saturated rings. The van der Waals surface area contributed by atoms with Crippen molar-refractivity contribution in [3.8, 4) is 0 Å². The van der Waals surface area contributed by atoms with Crippen LogP contribution in [0, 0.1) is 11.8 Å². The van der Waals surface area contributed by atoms with E-state index in [-0.39, 0.29) is 0 Å². The lowest BCUT2D eigenvalue weighted by atomic mass is 10.0. The summed E-state index contributed by atoms with van der Waals surface area (Å²) in [5.74, 6) is 1.77. The van der Waals surface area contributed by atoms with Gasteiger partial charge in [0, 0.05) is 0 Å². The Morgan fingerprint density at radius 3 is 1.32 bits per heavy atom. The molecule has 0 heterocycles. The zero-order valence-electron chi connectivity index (χ0n) is 14.1. The first-order valence-electron chi connectivity index (χ1n) is 8.78. The Hall–Kier alpha value is -0.260. The number of allylic oxidation sites excluding steroid dienone is 2. The van der Waals surface area contributed by atoms with Crippen molar-refractivity contribution < 1.29 is 0 Å². The van der Waals surface area contributed by atoms with Gasteiger partial charge in [0.1, 0.15) is 0 Å². The van der Waals surface area contributed by atoms with Crippen LogP contribution in [0.5, 0.6) is 0 Å². The second-order valence-electron chi connectivity index (χ2n) is 6.89. The van der Waals surface area contributed by atoms with Crippen molar-refractivity contribution in [2.45, 2.75) is 98.3 Å². The molecule has 0 aliphatic heterocycles. The molecular weight excluding hydrogens is 228 g/mol. The van der Waals surface area contributed by atoms with Gasteiger partial charge in [-0.3, -0.25) is 0 Å². The van der Waals surface area contributed by atoms with Crippen LogP contribution in [0.1, 0.15) is 98.3 Å². The highest BCUT2D eigenvalue weighted by atomic mass is 14.0. The average molecular weight is 267 g/mol. The molecular formula is C19H38. The maximum Gasteiger partial charge on any atom is -0.0351 e. The van der Waals surface area contributed by atoms with Crippen molar-refractivity contribution >= 4 is 0 Å². The lowest BCUT2D eigenvalue weighted by Crippen LogP contribution is -1.87. The fourth-order valence-electron chi connectivity index (χ4n) is 2.40. The molecule has 0 amide bonds. The van der Waals surface area contributed by atoms with E-state index in [1.54, 1.807) is 0 Å². The standard InChI is InChI=1S/C19H38/c1-18(2)16-14-12-10-8-6-5-7-9-11-13-15-17-19(3)4/h5-6,18-19H,7-17H2,1-4H3/b6-5-. The van der Waals surface area contributed by atoms with Gasteiger partial charge < -0.3 is 0 Å². The highest BCUT2D eigenvalue weighted by Crippen LogP contribution is 2.12. The molecule has 0 bridgehead atoms. The molecule has 0 aromatic carbocycles. The van der Waals surface area contributed by atoms with Gasteiger partial charge in [-0.2, -0.15) is 0 Å². The summed E-state index contributed by atoms with van der Waals surface area (Å²) in [4.78, 5) is 0. The van der Waals surface area contributed by atoms with Crippen molar-refractivity contribution in [1.29, 1.82) is 0 Å². The summed E-state index contributed by atoms with van der Waals surface area (Å²) in [7, 11) is 0. The molecule has 0 rings (SSSR count). The predicted octanol–water partition coefficient (Wildman–Crippen LogP) is 7.15. The lowest BCUT2D eigenvalue weighted by Gasteiger charge is -2.03. The van der Waals surface area contributed by atoms with E-state index in [1.165, 1.54) is 70.6 Å². The van der Waals surface area contributed by atoms with E-state index in [0.29, 0.717) is 0 Å². The van der Waals surface area contributed by atoms with Gasteiger partial charge in [-0.05, 0) is 37.5 Å². The second kappa shape index (κ2) is 14.2. The monoisotopic (exact) mass is 266 g/mol. The normalized spacial score (nSPS) is 12.1. The van der Waals surface area contributed by atoms with Crippen LogP contribution < -0.4 is 0 Å². The quantitative estimate of drug-likeness (QED) is 0.245. The van der Waals surface area contributed by atoms with Crippen LogP contribution in [0.2, 0.25) is 0 Å². The molecule has 0 heteroatoms. The molecule has 0 radical (unpaired) electrons. The fraction of sp³-hybridized carbons (Fsp3) is 0.895. The van der Waals surface area contributed by atoms with E-state index in [0.717, 1.165) is 11.8 Å². The Bertz CT molecular complexity index is 188. The minimum Gasteiger partial charge on any atom is -0.0885 e. The van der Waals surface area contributed by atoms with E-state index in [1.807, 2.05) is 0 Å². The smallest absolute Gasteiger partial charge is 0.0351 e. The molecule has 0 aliphatic carbocycles. The molecule has 0 aliphatic rings. The van der Waals surface area contributed by atoms with Gasteiger partial charge in [0.05, 0.1) is 0 Å². The number of hydrogen-bond donors (Lipinski definition) is 0. The number of rotatable bonds is 13. The van der Waals surface area contributed by atoms with Crippen LogP contribution in [0.4, 0.5) is 0 Å². The summed E-state index contributed by atoms with van der Waals surface area (Å²) in [6, 6.07) is 0. The second-order valence-corrected chi connectivity index (χ2v) is 6.89. The van der Waals surface area contributed by atoms with Crippen molar-refractivity contribution in [2.75, 3.05) is 0 Å². The van der Waals surface area contributed by atoms with Gasteiger partial charge in [0.15, 0.2) is 0 Å². The highest BCUT2D eigenvalue weighted by Gasteiger charge is 1.94. The highest BCUT2D eigenvalue weighted by molar-refractivity contribution is 4.81. The molecule has 0 saturated carbocycles. The Labute approximate surface area is 123 Å². The SMILES string of the molecule is CC(C)CCCCC/C=C\CCCCCCC(C)C. The summed E-state index contributed by atoms with van der Waals surface area (Å²) < 4.78 is 0. The first kappa shape index (κ1) is 18.7. The third-order valence-electron chi connectivity index (χ3n) is 3.72. The van der Waals surface area contributed by atoms with Crippen molar-refractivity contribution in [3.63, 3.8) is 0 Å². The third kappa shape index (κ3) is 17.7. The first-order chi connectivity index (χ1) is 9.13. The molecule has 0 spiro atoms. The Morgan fingerprint density at radius 1 is 0.526 bits per heavy atom. The Morgan fingerprint density at radius 2 is 0.895 bits per heavy atom. The molecule has 0 atom stereocenters. The minimum atomic E-state index is 0.881. The Kier molecular flexibility index (Phi) is 14.0. The van der Waals surface area contributed by atoms with Crippen LogP contribution in [0.15, 0.2) is 12.2 Å². The molecule has 0 aromatic rings. The first-order valence-corrected chi connectivity index (χ1v) is 8.78. The molecule has 19 heavy (non-hydrogen) atoms. The van der Waals surface area contributed by atoms with E-state index in [2.05, 4.69) is 39.8 Å². The summed E-state index contributed by atoms with van der Waals surface area (Å²) in [5.41, 5.74) is 0. The van der Waals surface area contributed by atoms with Crippen LogP contribution in [0.3, 0.4) is 0 Å². The van der Waals surface area contributed by atoms with Gasteiger partial charge in [-0.15, -0.1) is 0 Å². The summed E-state index contributed by atoms with van der Waals surface area (Å²) in [5, 5.41) is 0. The van der Waals surface area contributed by atoms with Gasteiger partial charge in [0.2, 0.25) is 0 Å². The van der Waals surface area contributed by atoms with Crippen LogP contribution >= 0.6 is 0 Å². The molecule has 114 valence electrons. The Balaban J connectivity index is 3.09. The average Bonchev–Trinajstić information content (AvgIpc) is 2.34. The largest absolute Gasteiger partial charge is 0.0885 e. The molecule has 0 nitrogen and oxygen atoms in total. The van der Waals surface area contributed by atoms with E-state index < -0.39 is 0 Å². The van der Waals surface area contributed by atoms with E-state index >= 15 is 0 Å². The zero-order valence-corrected chi connectivity index (χ0v) is 14.1. The maximum absolute atomic E-state index is 2.41. The fourth-order valence-corrected chi connectivity index (χ4v) is 2.40. The topological polar surface area (TPSA) is 0 Å². The number of hydrogen-bond acceptors (Lipinski definition) is 0. The lowest BCUT2D eigenvalue weighted by molar-refractivity contribution is 0.521. The van der Waals surface area contributed by atoms with Crippen LogP contribution in [-0.4, -0.2) is 0 Å². The summed E-state index contributed by atoms with van der Waals surface area (Å²) >= 11 is 0. The zero-order chi connectivity index (χ0) is 14.3. The van der Waals surface area contributed by atoms with Crippen molar-refractivity contribution in [3.05, 3.63) is 12.2 Å². The van der Waals surface area contributed by atoms with Crippen LogP contribution in [0.25, 0.3) is 0 Å². The molecule has 0 saturated heterocycles. The minimum absolute atomic E-state index is 0.881. The van der Waals surface area contributed by atoms with Crippen molar-refractivity contribution in [1.82, 2.24) is 0 Å². The van der Waals surface area contributed by atoms with Gasteiger partial charge in [0.25, 0.3) is 0 Å². The third-order valence-corrected chi connectivity index (χ3v) is 3.72. The van der Waals surface area contributed by atoms with E-state index in [9.17, 15) is 0 Å². The maximum atomic E-state index is 2.41. The van der Waals surface area contributed by atoms with Gasteiger partial charge in [-0.1, -0.05) is 84.8 Å². The van der Waals surface area contributed by atoms with Gasteiger partial charge >= 0.3 is 0 Å². The molecule has 0 unspecified atom stereocenters. The van der Waals surface area contributed by atoms with Crippen molar-refractivity contribution in [2.24, 2.45) is 11.8 Å². The predicted molar refractivity (Wildman–Crippen MR) is 89.6 cm³/mol. The summed E-state index contributed by atoms with van der Waals surface area (Å²) in [6.07, 6.45) is 20.1. The van der Waals surface area contributed by atoms with Crippen LogP contribution in [-0.2, 0) is 0 Å². The van der Waals surface area contributed by atoms with E-state index in [4.69, 9.17) is 0 Å². The number of unbranched alkanes of at least 4 members (excludes halogenated alkanes) is 7.